The number of aromatic nitrogens is 2. The van der Waals surface area contributed by atoms with Crippen molar-refractivity contribution in [3.63, 3.8) is 0 Å². The number of thiophene rings is 1. The lowest BCUT2D eigenvalue weighted by molar-refractivity contribution is -0.123. The highest BCUT2D eigenvalue weighted by Crippen LogP contribution is 2.35. The summed E-state index contributed by atoms with van der Waals surface area (Å²) in [7, 11) is 0. The number of benzene rings is 1. The van der Waals surface area contributed by atoms with Crippen molar-refractivity contribution >= 4 is 33.7 Å². The molecule has 4 rings (SSSR count). The molecule has 1 aliphatic rings. The number of nitrogens with zero attached hydrogens (tertiary/aromatic N) is 3. The second kappa shape index (κ2) is 8.62. The van der Waals surface area contributed by atoms with Crippen LogP contribution in [0, 0.1) is 5.92 Å². The summed E-state index contributed by atoms with van der Waals surface area (Å²) in [6.07, 6.45) is 6.06. The van der Waals surface area contributed by atoms with E-state index in [1.54, 1.807) is 24.5 Å². The van der Waals surface area contributed by atoms with E-state index in [-0.39, 0.29) is 16.9 Å². The Morgan fingerprint density at radius 2 is 2.03 bits per heavy atom. The summed E-state index contributed by atoms with van der Waals surface area (Å²) in [4.78, 5) is 32.4. The smallest absolute Gasteiger partial charge is 0.263 e. The molecule has 6 nitrogen and oxygen atoms in total. The second-order valence-electron chi connectivity index (χ2n) is 9.77. The number of fused-ring (bicyclic) bond motifs is 3. The van der Waals surface area contributed by atoms with E-state index in [0.29, 0.717) is 11.3 Å². The molecule has 2 aromatic heterocycles. The standard InChI is InChI=1S/C25H30N4O2S/c1-15-6-11-19-20(12-15)32-23-21(19)24(31)29(14-26-23)16(2)22(30)28-27-13-17-7-9-18(10-8-17)25(3,4)5/h7-10,13-16H,6,11-12H2,1-5H3,(H,28,30)/t15-,16+/m1/s1. The monoisotopic (exact) mass is 450 g/mol. The molecule has 2 heterocycles. The van der Waals surface area contributed by atoms with Gasteiger partial charge in [-0.1, -0.05) is 52.0 Å². The average Bonchev–Trinajstić information content (AvgIpc) is 3.11. The Kier molecular flexibility index (Phi) is 6.03. The van der Waals surface area contributed by atoms with Crippen LogP contribution in [0.5, 0.6) is 0 Å². The van der Waals surface area contributed by atoms with E-state index in [4.69, 9.17) is 0 Å². The molecule has 0 fully saturated rings. The highest BCUT2D eigenvalue weighted by atomic mass is 32.1. The number of carbonyl (C=O) groups is 1. The molecule has 32 heavy (non-hydrogen) atoms. The molecule has 2 atom stereocenters. The van der Waals surface area contributed by atoms with Crippen LogP contribution >= 0.6 is 11.3 Å². The summed E-state index contributed by atoms with van der Waals surface area (Å²) in [5.41, 5.74) is 5.75. The van der Waals surface area contributed by atoms with E-state index in [1.165, 1.54) is 21.3 Å². The van der Waals surface area contributed by atoms with Crippen LogP contribution in [-0.2, 0) is 23.1 Å². The Morgan fingerprint density at radius 1 is 1.31 bits per heavy atom. The van der Waals surface area contributed by atoms with Gasteiger partial charge in [0, 0.05) is 4.88 Å². The molecule has 7 heteroatoms. The zero-order valence-corrected chi connectivity index (χ0v) is 20.1. The molecule has 0 bridgehead atoms. The minimum atomic E-state index is -0.710. The number of amides is 1. The first-order valence-corrected chi connectivity index (χ1v) is 11.9. The van der Waals surface area contributed by atoms with Crippen LogP contribution in [-0.4, -0.2) is 21.7 Å². The molecular weight excluding hydrogens is 420 g/mol. The van der Waals surface area contributed by atoms with Gasteiger partial charge in [-0.3, -0.25) is 14.2 Å². The molecule has 1 aromatic carbocycles. The maximum Gasteiger partial charge on any atom is 0.263 e. The van der Waals surface area contributed by atoms with Crippen LogP contribution < -0.4 is 11.0 Å². The molecular formula is C25H30N4O2S. The van der Waals surface area contributed by atoms with Crippen LogP contribution in [0.25, 0.3) is 10.2 Å². The van der Waals surface area contributed by atoms with Gasteiger partial charge in [-0.15, -0.1) is 11.3 Å². The Bertz CT molecular complexity index is 1230. The van der Waals surface area contributed by atoms with Gasteiger partial charge in [-0.25, -0.2) is 10.4 Å². The first-order valence-electron chi connectivity index (χ1n) is 11.1. The second-order valence-corrected chi connectivity index (χ2v) is 10.9. The third kappa shape index (κ3) is 4.39. The lowest BCUT2D eigenvalue weighted by Gasteiger charge is -2.18. The number of rotatable bonds is 4. The van der Waals surface area contributed by atoms with E-state index >= 15 is 0 Å². The summed E-state index contributed by atoms with van der Waals surface area (Å²) in [6.45, 7) is 10.4. The quantitative estimate of drug-likeness (QED) is 0.466. The minimum Gasteiger partial charge on any atom is -0.286 e. The van der Waals surface area contributed by atoms with Crippen molar-refractivity contribution < 1.29 is 4.79 Å². The first-order chi connectivity index (χ1) is 15.1. The molecule has 1 aliphatic carbocycles. The van der Waals surface area contributed by atoms with Gasteiger partial charge in [0.2, 0.25) is 0 Å². The molecule has 3 aromatic rings. The Hall–Kier alpha value is -2.80. The number of hydrogen-bond acceptors (Lipinski definition) is 5. The van der Waals surface area contributed by atoms with Gasteiger partial charge in [0.15, 0.2) is 0 Å². The number of carbonyl (C=O) groups excluding carboxylic acids is 1. The Labute approximate surface area is 192 Å². The van der Waals surface area contributed by atoms with E-state index < -0.39 is 6.04 Å². The molecule has 0 unspecified atom stereocenters. The molecule has 1 N–H and O–H groups in total. The summed E-state index contributed by atoms with van der Waals surface area (Å²) < 4.78 is 1.41. The highest BCUT2D eigenvalue weighted by Gasteiger charge is 2.25. The van der Waals surface area contributed by atoms with Crippen LogP contribution in [0.4, 0.5) is 0 Å². The van der Waals surface area contributed by atoms with Crippen molar-refractivity contribution in [3.05, 3.63) is 62.5 Å². The molecule has 0 radical (unpaired) electrons. The Balaban J connectivity index is 1.50. The van der Waals surface area contributed by atoms with Crippen LogP contribution in [0.15, 0.2) is 40.5 Å². The van der Waals surface area contributed by atoms with Crippen molar-refractivity contribution in [1.29, 1.82) is 0 Å². The SMILES string of the molecule is C[C@@H]1CCc2c(sc3ncn([C@@H](C)C(=O)NN=Cc4ccc(C(C)(C)C)cc4)c(=O)c23)C1. The van der Waals surface area contributed by atoms with Crippen molar-refractivity contribution in [2.24, 2.45) is 11.0 Å². The highest BCUT2D eigenvalue weighted by molar-refractivity contribution is 7.18. The van der Waals surface area contributed by atoms with E-state index in [9.17, 15) is 9.59 Å². The molecule has 0 spiro atoms. The minimum absolute atomic E-state index is 0.0850. The first kappa shape index (κ1) is 22.4. The largest absolute Gasteiger partial charge is 0.286 e. The van der Waals surface area contributed by atoms with Crippen LogP contribution in [0.1, 0.15) is 68.6 Å². The maximum absolute atomic E-state index is 13.2. The predicted octanol–water partition coefficient (Wildman–Crippen LogP) is 4.59. The number of hydrazone groups is 1. The van der Waals surface area contributed by atoms with E-state index in [0.717, 1.165) is 35.2 Å². The predicted molar refractivity (Wildman–Crippen MR) is 131 cm³/mol. The average molecular weight is 451 g/mol. The van der Waals surface area contributed by atoms with Gasteiger partial charge >= 0.3 is 0 Å². The molecule has 168 valence electrons. The van der Waals surface area contributed by atoms with E-state index in [2.05, 4.69) is 55.3 Å². The van der Waals surface area contributed by atoms with E-state index in [1.807, 2.05) is 12.1 Å². The van der Waals surface area contributed by atoms with Gasteiger partial charge in [0.05, 0.1) is 17.9 Å². The Morgan fingerprint density at radius 3 is 2.72 bits per heavy atom. The third-order valence-electron chi connectivity index (χ3n) is 6.20. The van der Waals surface area contributed by atoms with Gasteiger partial charge in [0.1, 0.15) is 10.9 Å². The number of aryl methyl sites for hydroxylation is 1. The molecule has 1 amide bonds. The van der Waals surface area contributed by atoms with Gasteiger partial charge in [0.25, 0.3) is 11.5 Å². The lowest BCUT2D eigenvalue weighted by atomic mass is 9.87. The summed E-state index contributed by atoms with van der Waals surface area (Å²) >= 11 is 1.61. The fourth-order valence-corrected chi connectivity index (χ4v) is 5.42. The van der Waals surface area contributed by atoms with Crippen molar-refractivity contribution in [1.82, 2.24) is 15.0 Å². The zero-order valence-electron chi connectivity index (χ0n) is 19.3. The lowest BCUT2D eigenvalue weighted by Crippen LogP contribution is -2.34. The van der Waals surface area contributed by atoms with Crippen molar-refractivity contribution in [2.75, 3.05) is 0 Å². The van der Waals surface area contributed by atoms with Gasteiger partial charge in [-0.2, -0.15) is 5.10 Å². The van der Waals surface area contributed by atoms with Gasteiger partial charge in [-0.05, 0) is 54.2 Å². The summed E-state index contributed by atoms with van der Waals surface area (Å²) in [5.74, 6) is 0.276. The number of nitrogens with one attached hydrogen (secondary N) is 1. The molecule has 0 saturated carbocycles. The molecule has 0 saturated heterocycles. The van der Waals surface area contributed by atoms with Crippen LogP contribution in [0.2, 0.25) is 0 Å². The summed E-state index contributed by atoms with van der Waals surface area (Å²) in [5, 5.41) is 4.76. The zero-order chi connectivity index (χ0) is 23.0. The fraction of sp³-hybridized carbons (Fsp3) is 0.440. The fourth-order valence-electron chi connectivity index (χ4n) is 4.08. The van der Waals surface area contributed by atoms with Gasteiger partial charge < -0.3 is 0 Å². The summed E-state index contributed by atoms with van der Waals surface area (Å²) in [6, 6.07) is 7.37. The third-order valence-corrected chi connectivity index (χ3v) is 7.36. The topological polar surface area (TPSA) is 76.3 Å². The maximum atomic E-state index is 13.2. The number of hydrogen-bond donors (Lipinski definition) is 1. The van der Waals surface area contributed by atoms with Crippen LogP contribution in [0.3, 0.4) is 0 Å². The van der Waals surface area contributed by atoms with Crippen molar-refractivity contribution in [2.45, 2.75) is 65.3 Å². The normalized spacial score (nSPS) is 17.5. The molecule has 0 aliphatic heterocycles. The van der Waals surface area contributed by atoms with Crippen molar-refractivity contribution in [3.8, 4) is 0 Å².